The number of amides is 1. The summed E-state index contributed by atoms with van der Waals surface area (Å²) in [5.41, 5.74) is -0.188. The SMILES string of the molecule is O=C(Nc1ccc(F)c(Cl)c1)c1cnc(Nc2ccc(F)c(F)c2F)cn1. The number of hydrogen-bond acceptors (Lipinski definition) is 4. The first-order chi connectivity index (χ1) is 12.8. The van der Waals surface area contributed by atoms with Crippen molar-refractivity contribution in [2.45, 2.75) is 0 Å². The molecule has 0 atom stereocenters. The molecule has 1 aromatic heterocycles. The van der Waals surface area contributed by atoms with E-state index in [9.17, 15) is 22.4 Å². The highest BCUT2D eigenvalue weighted by Gasteiger charge is 2.15. The van der Waals surface area contributed by atoms with Gasteiger partial charge in [0.15, 0.2) is 17.5 Å². The lowest BCUT2D eigenvalue weighted by molar-refractivity contribution is 0.102. The van der Waals surface area contributed by atoms with Crippen LogP contribution in [-0.2, 0) is 0 Å². The zero-order chi connectivity index (χ0) is 19.6. The lowest BCUT2D eigenvalue weighted by Crippen LogP contribution is -2.14. The van der Waals surface area contributed by atoms with Gasteiger partial charge in [0, 0.05) is 5.69 Å². The van der Waals surface area contributed by atoms with E-state index in [1.807, 2.05) is 0 Å². The van der Waals surface area contributed by atoms with E-state index in [0.29, 0.717) is 0 Å². The van der Waals surface area contributed by atoms with E-state index < -0.39 is 29.2 Å². The molecule has 0 aliphatic heterocycles. The number of halogens is 5. The van der Waals surface area contributed by atoms with Gasteiger partial charge in [-0.3, -0.25) is 4.79 Å². The molecule has 10 heteroatoms. The van der Waals surface area contributed by atoms with Crippen molar-refractivity contribution in [1.82, 2.24) is 9.97 Å². The summed E-state index contributed by atoms with van der Waals surface area (Å²) in [5.74, 6) is -5.63. The van der Waals surface area contributed by atoms with Crippen LogP contribution in [-0.4, -0.2) is 15.9 Å². The standard InChI is InChI=1S/C17H9ClF4N4O/c18-9-5-8(1-2-10(9)19)25-17(27)13-6-24-14(7-23-13)26-12-4-3-11(20)15(21)16(12)22/h1-7H,(H,24,26)(H,25,27). The molecule has 0 aliphatic carbocycles. The highest BCUT2D eigenvalue weighted by molar-refractivity contribution is 6.31. The zero-order valence-corrected chi connectivity index (χ0v) is 14.0. The maximum atomic E-state index is 13.6. The predicted octanol–water partition coefficient (Wildman–Crippen LogP) is 4.68. The first-order valence-corrected chi connectivity index (χ1v) is 7.72. The second-order valence-corrected chi connectivity index (χ2v) is 5.63. The van der Waals surface area contributed by atoms with Gasteiger partial charge in [-0.05, 0) is 30.3 Å². The van der Waals surface area contributed by atoms with Crippen LogP contribution < -0.4 is 10.6 Å². The van der Waals surface area contributed by atoms with Gasteiger partial charge in [0.2, 0.25) is 0 Å². The smallest absolute Gasteiger partial charge is 0.275 e. The van der Waals surface area contributed by atoms with E-state index in [1.54, 1.807) is 0 Å². The number of hydrogen-bond donors (Lipinski definition) is 2. The molecule has 0 spiro atoms. The Bertz CT molecular complexity index is 1010. The number of carbonyl (C=O) groups is 1. The third-order valence-corrected chi connectivity index (χ3v) is 3.65. The van der Waals surface area contributed by atoms with Gasteiger partial charge in [-0.1, -0.05) is 11.6 Å². The average Bonchev–Trinajstić information content (AvgIpc) is 2.66. The molecule has 0 saturated carbocycles. The van der Waals surface area contributed by atoms with Crippen LogP contribution in [0.25, 0.3) is 0 Å². The number of nitrogens with one attached hydrogen (secondary N) is 2. The Kier molecular flexibility index (Phi) is 5.22. The summed E-state index contributed by atoms with van der Waals surface area (Å²) in [7, 11) is 0. The maximum absolute atomic E-state index is 13.6. The summed E-state index contributed by atoms with van der Waals surface area (Å²) in [4.78, 5) is 19.8. The van der Waals surface area contributed by atoms with Gasteiger partial charge < -0.3 is 10.6 Å². The third kappa shape index (κ3) is 4.14. The Morgan fingerprint density at radius 2 is 1.67 bits per heavy atom. The van der Waals surface area contributed by atoms with Crippen LogP contribution in [0.15, 0.2) is 42.7 Å². The number of rotatable bonds is 4. The summed E-state index contributed by atoms with van der Waals surface area (Å²) in [5, 5.41) is 4.72. The normalized spacial score (nSPS) is 10.6. The summed E-state index contributed by atoms with van der Waals surface area (Å²) in [6.45, 7) is 0. The first kappa shape index (κ1) is 18.6. The quantitative estimate of drug-likeness (QED) is 0.496. The second-order valence-electron chi connectivity index (χ2n) is 5.22. The van der Waals surface area contributed by atoms with Gasteiger partial charge in [0.05, 0.1) is 23.1 Å². The van der Waals surface area contributed by atoms with Crippen LogP contribution in [0.3, 0.4) is 0 Å². The molecule has 2 N–H and O–H groups in total. The van der Waals surface area contributed by atoms with Crippen LogP contribution in [0.2, 0.25) is 5.02 Å². The molecule has 1 amide bonds. The van der Waals surface area contributed by atoms with Crippen molar-refractivity contribution < 1.29 is 22.4 Å². The Labute approximate surface area is 155 Å². The second kappa shape index (κ2) is 7.58. The van der Waals surface area contributed by atoms with Crippen LogP contribution in [0, 0.1) is 23.3 Å². The van der Waals surface area contributed by atoms with Crippen molar-refractivity contribution in [3.05, 3.63) is 76.7 Å². The van der Waals surface area contributed by atoms with Crippen LogP contribution in [0.5, 0.6) is 0 Å². The highest BCUT2D eigenvalue weighted by atomic mass is 35.5. The fraction of sp³-hybridized carbons (Fsp3) is 0. The topological polar surface area (TPSA) is 66.9 Å². The van der Waals surface area contributed by atoms with Crippen LogP contribution in [0.4, 0.5) is 34.8 Å². The lowest BCUT2D eigenvalue weighted by atomic mass is 10.3. The number of benzene rings is 2. The molecule has 27 heavy (non-hydrogen) atoms. The molecule has 1 heterocycles. The summed E-state index contributed by atoms with van der Waals surface area (Å²) < 4.78 is 52.9. The Morgan fingerprint density at radius 3 is 2.33 bits per heavy atom. The minimum atomic E-state index is -1.62. The molecule has 0 unspecified atom stereocenters. The van der Waals surface area contributed by atoms with Gasteiger partial charge in [-0.15, -0.1) is 0 Å². The molecule has 3 rings (SSSR count). The van der Waals surface area contributed by atoms with Gasteiger partial charge in [-0.25, -0.2) is 27.5 Å². The largest absolute Gasteiger partial charge is 0.336 e. The van der Waals surface area contributed by atoms with Gasteiger partial charge >= 0.3 is 0 Å². The minimum Gasteiger partial charge on any atom is -0.336 e. The molecule has 0 fully saturated rings. The zero-order valence-electron chi connectivity index (χ0n) is 13.2. The Morgan fingerprint density at radius 1 is 0.926 bits per heavy atom. The fourth-order valence-electron chi connectivity index (χ4n) is 2.04. The van der Waals surface area contributed by atoms with Crippen molar-refractivity contribution in [3.63, 3.8) is 0 Å². The van der Waals surface area contributed by atoms with E-state index in [-0.39, 0.29) is 27.9 Å². The number of anilines is 3. The van der Waals surface area contributed by atoms with E-state index in [4.69, 9.17) is 11.6 Å². The molecule has 138 valence electrons. The Balaban J connectivity index is 1.72. The van der Waals surface area contributed by atoms with Crippen LogP contribution in [0.1, 0.15) is 10.5 Å². The van der Waals surface area contributed by atoms with Crippen molar-refractivity contribution in [3.8, 4) is 0 Å². The van der Waals surface area contributed by atoms with E-state index in [2.05, 4.69) is 20.6 Å². The van der Waals surface area contributed by atoms with Gasteiger partial charge in [-0.2, -0.15) is 0 Å². The van der Waals surface area contributed by atoms with E-state index >= 15 is 0 Å². The lowest BCUT2D eigenvalue weighted by Gasteiger charge is -2.08. The summed E-state index contributed by atoms with van der Waals surface area (Å²) in [6.07, 6.45) is 2.19. The van der Waals surface area contributed by atoms with Crippen molar-refractivity contribution in [2.24, 2.45) is 0 Å². The first-order valence-electron chi connectivity index (χ1n) is 7.34. The number of carbonyl (C=O) groups excluding carboxylic acids is 1. The minimum absolute atomic E-state index is 0.00119. The molecular formula is C17H9ClF4N4O. The van der Waals surface area contributed by atoms with Gasteiger partial charge in [0.1, 0.15) is 17.3 Å². The highest BCUT2D eigenvalue weighted by Crippen LogP contribution is 2.23. The van der Waals surface area contributed by atoms with E-state index in [0.717, 1.165) is 30.6 Å². The summed E-state index contributed by atoms with van der Waals surface area (Å²) >= 11 is 5.63. The molecule has 2 aromatic carbocycles. The molecule has 0 radical (unpaired) electrons. The number of aromatic nitrogens is 2. The molecular weight excluding hydrogens is 388 g/mol. The Hall–Kier alpha value is -3.20. The summed E-state index contributed by atoms with van der Waals surface area (Å²) in [6, 6.07) is 5.38. The third-order valence-electron chi connectivity index (χ3n) is 3.36. The number of nitrogens with zero attached hydrogens (tertiary/aromatic N) is 2. The van der Waals surface area contributed by atoms with Crippen molar-refractivity contribution >= 4 is 34.7 Å². The predicted molar refractivity (Wildman–Crippen MR) is 91.0 cm³/mol. The van der Waals surface area contributed by atoms with E-state index in [1.165, 1.54) is 12.1 Å². The van der Waals surface area contributed by atoms with Gasteiger partial charge in [0.25, 0.3) is 5.91 Å². The fourth-order valence-corrected chi connectivity index (χ4v) is 2.22. The molecule has 0 bridgehead atoms. The molecule has 3 aromatic rings. The molecule has 0 saturated heterocycles. The molecule has 5 nitrogen and oxygen atoms in total. The average molecular weight is 397 g/mol. The monoisotopic (exact) mass is 396 g/mol. The van der Waals surface area contributed by atoms with Crippen molar-refractivity contribution in [2.75, 3.05) is 10.6 Å². The van der Waals surface area contributed by atoms with Crippen LogP contribution >= 0.6 is 11.6 Å². The molecule has 0 aliphatic rings. The van der Waals surface area contributed by atoms with Crippen molar-refractivity contribution in [1.29, 1.82) is 0 Å². The maximum Gasteiger partial charge on any atom is 0.275 e.